The van der Waals surface area contributed by atoms with E-state index in [0.717, 1.165) is 6.54 Å². The van der Waals surface area contributed by atoms with Crippen LogP contribution in [0.25, 0.3) is 0 Å². The number of hydrogen-bond acceptors (Lipinski definition) is 1. The van der Waals surface area contributed by atoms with E-state index in [-0.39, 0.29) is 0 Å². The lowest BCUT2D eigenvalue weighted by molar-refractivity contribution is 1.08. The van der Waals surface area contributed by atoms with E-state index >= 15 is 0 Å². The van der Waals surface area contributed by atoms with Gasteiger partial charge < -0.3 is 0 Å². The fraction of sp³-hybridized carbons (Fsp3) is 0.222. The van der Waals surface area contributed by atoms with Gasteiger partial charge >= 0.3 is 0 Å². The summed E-state index contributed by atoms with van der Waals surface area (Å²) in [5.74, 6) is 0. The third kappa shape index (κ3) is 2.02. The molecule has 0 spiro atoms. The summed E-state index contributed by atoms with van der Waals surface area (Å²) < 4.78 is 0. The molecule has 1 heteroatoms. The molecular weight excluding hydrogens is 122 g/mol. The molecule has 0 atom stereocenters. The van der Waals surface area contributed by atoms with Gasteiger partial charge in [-0.2, -0.15) is 0 Å². The highest BCUT2D eigenvalue weighted by atomic mass is 14.7. The summed E-state index contributed by atoms with van der Waals surface area (Å²) in [5.41, 5.74) is 1.26. The lowest BCUT2D eigenvalue weighted by atomic mass is 10.2. The van der Waals surface area contributed by atoms with Crippen LogP contribution in [0.5, 0.6) is 0 Å². The summed E-state index contributed by atoms with van der Waals surface area (Å²) in [6.07, 6.45) is 1.83. The Labute approximate surface area is 61.4 Å². The fourth-order valence-corrected chi connectivity index (χ4v) is 0.780. The molecule has 0 amide bonds. The van der Waals surface area contributed by atoms with Crippen molar-refractivity contribution in [2.24, 2.45) is 4.99 Å². The van der Waals surface area contributed by atoms with Crippen molar-refractivity contribution in [3.05, 3.63) is 35.9 Å². The average molecular weight is 133 g/mol. The van der Waals surface area contributed by atoms with E-state index in [1.807, 2.05) is 31.3 Å². The zero-order valence-electron chi connectivity index (χ0n) is 6.12. The predicted molar refractivity (Wildman–Crippen MR) is 44.3 cm³/mol. The van der Waals surface area contributed by atoms with Gasteiger partial charge in [-0.3, -0.25) is 4.99 Å². The Morgan fingerprint density at radius 3 is 2.60 bits per heavy atom. The largest absolute Gasteiger partial charge is 0.293 e. The van der Waals surface area contributed by atoms with Gasteiger partial charge in [-0.25, -0.2) is 0 Å². The maximum atomic E-state index is 4.12. The van der Waals surface area contributed by atoms with Crippen molar-refractivity contribution in [3.63, 3.8) is 0 Å². The number of hydrogen-bond donors (Lipinski definition) is 0. The minimum Gasteiger partial charge on any atom is -0.293 e. The molecule has 0 saturated heterocycles. The summed E-state index contributed by atoms with van der Waals surface area (Å²) >= 11 is 0. The van der Waals surface area contributed by atoms with Crippen molar-refractivity contribution in [3.8, 4) is 0 Å². The van der Waals surface area contributed by atoms with Crippen molar-refractivity contribution in [2.75, 3.05) is 0 Å². The monoisotopic (exact) mass is 133 g/mol. The van der Waals surface area contributed by atoms with Crippen molar-refractivity contribution < 1.29 is 0 Å². The maximum absolute atomic E-state index is 4.12. The van der Waals surface area contributed by atoms with Crippen molar-refractivity contribution in [2.45, 2.75) is 13.5 Å². The second-order valence-electron chi connectivity index (χ2n) is 2.08. The summed E-state index contributed by atoms with van der Waals surface area (Å²) in [7, 11) is 0. The molecule has 0 heterocycles. The van der Waals surface area contributed by atoms with Crippen LogP contribution in [0.3, 0.4) is 0 Å². The molecule has 0 bridgehead atoms. The van der Waals surface area contributed by atoms with Gasteiger partial charge in [0.1, 0.15) is 0 Å². The molecule has 0 radical (unpaired) electrons. The van der Waals surface area contributed by atoms with E-state index in [9.17, 15) is 0 Å². The second kappa shape index (κ2) is 3.83. The first-order chi connectivity index (χ1) is 4.93. The van der Waals surface area contributed by atoms with E-state index in [4.69, 9.17) is 0 Å². The minimum absolute atomic E-state index is 0.803. The molecule has 52 valence electrons. The van der Waals surface area contributed by atoms with Crippen LogP contribution in [-0.2, 0) is 6.54 Å². The molecule has 0 N–H and O–H groups in total. The Kier molecular flexibility index (Phi) is 2.68. The molecule has 0 aliphatic carbocycles. The van der Waals surface area contributed by atoms with E-state index in [1.54, 1.807) is 0 Å². The van der Waals surface area contributed by atoms with Crippen LogP contribution in [0, 0.1) is 0 Å². The van der Waals surface area contributed by atoms with E-state index in [1.165, 1.54) is 5.56 Å². The molecule has 0 aliphatic rings. The van der Waals surface area contributed by atoms with Gasteiger partial charge in [0.2, 0.25) is 0 Å². The van der Waals surface area contributed by atoms with Crippen molar-refractivity contribution in [1.82, 2.24) is 0 Å². The first-order valence-corrected chi connectivity index (χ1v) is 3.42. The third-order valence-corrected chi connectivity index (χ3v) is 1.30. The molecule has 0 unspecified atom stereocenters. The fourth-order valence-electron chi connectivity index (χ4n) is 0.780. The smallest absolute Gasteiger partial charge is 0.0635 e. The average Bonchev–Trinajstić information content (AvgIpc) is 2.03. The van der Waals surface area contributed by atoms with E-state index in [2.05, 4.69) is 17.1 Å². The molecule has 1 aromatic carbocycles. The van der Waals surface area contributed by atoms with Gasteiger partial charge in [-0.15, -0.1) is 0 Å². The first kappa shape index (κ1) is 7.00. The molecule has 0 saturated carbocycles. The molecule has 10 heavy (non-hydrogen) atoms. The van der Waals surface area contributed by atoms with E-state index < -0.39 is 0 Å². The van der Waals surface area contributed by atoms with Crippen molar-refractivity contribution in [1.29, 1.82) is 0 Å². The molecule has 0 aliphatic heterocycles. The van der Waals surface area contributed by atoms with Gasteiger partial charge in [0, 0.05) is 0 Å². The highest BCUT2D eigenvalue weighted by Crippen LogP contribution is 1.98. The van der Waals surface area contributed by atoms with Crippen LogP contribution >= 0.6 is 0 Å². The zero-order valence-corrected chi connectivity index (χ0v) is 6.12. The summed E-state index contributed by atoms with van der Waals surface area (Å²) in [6, 6.07) is 10.2. The van der Waals surface area contributed by atoms with E-state index in [0.29, 0.717) is 0 Å². The Hall–Kier alpha value is -1.11. The summed E-state index contributed by atoms with van der Waals surface area (Å²) in [5, 5.41) is 0. The molecule has 1 rings (SSSR count). The van der Waals surface area contributed by atoms with Crippen molar-refractivity contribution >= 4 is 6.21 Å². The lowest BCUT2D eigenvalue weighted by Gasteiger charge is -1.92. The predicted octanol–water partition coefficient (Wildman–Crippen LogP) is 2.28. The molecule has 0 fully saturated rings. The number of benzene rings is 1. The van der Waals surface area contributed by atoms with Crippen LogP contribution in [0.1, 0.15) is 12.5 Å². The second-order valence-corrected chi connectivity index (χ2v) is 2.08. The van der Waals surface area contributed by atoms with Crippen LogP contribution in [0.2, 0.25) is 0 Å². The van der Waals surface area contributed by atoms with Gasteiger partial charge in [0.05, 0.1) is 6.54 Å². The van der Waals surface area contributed by atoms with Crippen LogP contribution in [0.4, 0.5) is 0 Å². The molecular formula is C9H11N. The highest BCUT2D eigenvalue weighted by Gasteiger charge is 1.83. The van der Waals surface area contributed by atoms with Gasteiger partial charge in [-0.05, 0) is 18.7 Å². The minimum atomic E-state index is 0.803. The summed E-state index contributed by atoms with van der Waals surface area (Å²) in [4.78, 5) is 4.12. The molecule has 1 nitrogen and oxygen atoms in total. The number of rotatable bonds is 2. The topological polar surface area (TPSA) is 12.4 Å². The van der Waals surface area contributed by atoms with Gasteiger partial charge in [0.15, 0.2) is 0 Å². The highest BCUT2D eigenvalue weighted by molar-refractivity contribution is 5.53. The Morgan fingerprint density at radius 1 is 1.30 bits per heavy atom. The van der Waals surface area contributed by atoms with Gasteiger partial charge in [-0.1, -0.05) is 30.3 Å². The molecule has 1 aromatic rings. The Bertz CT molecular complexity index is 201. The van der Waals surface area contributed by atoms with Crippen LogP contribution in [-0.4, -0.2) is 6.21 Å². The Morgan fingerprint density at radius 2 is 2.00 bits per heavy atom. The summed E-state index contributed by atoms with van der Waals surface area (Å²) in [6.45, 7) is 2.74. The lowest BCUT2D eigenvalue weighted by Crippen LogP contribution is -1.78. The first-order valence-electron chi connectivity index (χ1n) is 3.42. The zero-order chi connectivity index (χ0) is 7.23. The number of nitrogens with zero attached hydrogens (tertiary/aromatic N) is 1. The van der Waals surface area contributed by atoms with Crippen LogP contribution in [0.15, 0.2) is 35.3 Å². The number of aliphatic imine (C=N–C) groups is 1. The normalized spacial score (nSPS) is 10.5. The maximum Gasteiger partial charge on any atom is 0.0635 e. The van der Waals surface area contributed by atoms with Gasteiger partial charge in [0.25, 0.3) is 0 Å². The standard InChI is InChI=1S/C9H11N/c1-2-10-8-9-6-4-3-5-7-9/h2-7H,8H2,1H3/b10-2+. The van der Waals surface area contributed by atoms with Crippen LogP contribution < -0.4 is 0 Å². The Balaban J connectivity index is 2.59. The molecule has 0 aromatic heterocycles. The SMILES string of the molecule is C/C=N/Cc1ccccc1. The third-order valence-electron chi connectivity index (χ3n) is 1.30. The quantitative estimate of drug-likeness (QED) is 0.549.